The lowest BCUT2D eigenvalue weighted by molar-refractivity contribution is 0.0714. The zero-order valence-electron chi connectivity index (χ0n) is 11.9. The van der Waals surface area contributed by atoms with E-state index in [0.717, 1.165) is 30.7 Å². The van der Waals surface area contributed by atoms with Crippen LogP contribution in [0.4, 0.5) is 4.39 Å². The van der Waals surface area contributed by atoms with Crippen LogP contribution in [-0.2, 0) is 6.42 Å². The smallest absolute Gasteiger partial charge is 0.254 e. The summed E-state index contributed by atoms with van der Waals surface area (Å²) < 4.78 is 18.3. The maximum Gasteiger partial charge on any atom is 0.254 e. The molecule has 4 nitrogen and oxygen atoms in total. The van der Waals surface area contributed by atoms with E-state index < -0.39 is 0 Å². The summed E-state index contributed by atoms with van der Waals surface area (Å²) in [6.07, 6.45) is 2.60. The number of aryl methyl sites for hydroxylation is 1. The number of benzene rings is 1. The molecule has 5 heteroatoms. The predicted octanol–water partition coefficient (Wildman–Crippen LogP) is 3.35. The molecule has 1 aliphatic rings. The molecule has 0 saturated carbocycles. The molecule has 0 spiro atoms. The predicted molar refractivity (Wildman–Crippen MR) is 75.3 cm³/mol. The summed E-state index contributed by atoms with van der Waals surface area (Å²) in [6.45, 7) is 2.70. The minimum absolute atomic E-state index is 0.0737. The van der Waals surface area contributed by atoms with Crippen molar-refractivity contribution in [3.8, 4) is 0 Å². The van der Waals surface area contributed by atoms with Crippen molar-refractivity contribution >= 4 is 5.91 Å². The molecular formula is C16H17FN2O2. The van der Waals surface area contributed by atoms with Gasteiger partial charge in [0.2, 0.25) is 0 Å². The highest BCUT2D eigenvalue weighted by molar-refractivity contribution is 5.94. The van der Waals surface area contributed by atoms with E-state index >= 15 is 0 Å². The third-order valence-electron chi connectivity index (χ3n) is 3.87. The first-order valence-electron chi connectivity index (χ1n) is 7.21. The van der Waals surface area contributed by atoms with Crippen LogP contribution < -0.4 is 0 Å². The molecule has 0 aliphatic carbocycles. The molecule has 21 heavy (non-hydrogen) atoms. The molecule has 1 aromatic carbocycles. The summed E-state index contributed by atoms with van der Waals surface area (Å²) in [7, 11) is 0. The molecule has 0 radical (unpaired) electrons. The van der Waals surface area contributed by atoms with Crippen LogP contribution in [0.15, 0.2) is 34.9 Å². The fraction of sp³-hybridized carbons (Fsp3) is 0.375. The molecule has 1 amide bonds. The standard InChI is InChI=1S/C16H17FN2O2/c1-2-13-10-15(21-18-13)14-4-3-9-19(14)16(20)11-5-7-12(17)8-6-11/h5-8,10,14H,2-4,9H2,1H3/t14-/m1/s1. The lowest BCUT2D eigenvalue weighted by Crippen LogP contribution is -2.30. The van der Waals surface area contributed by atoms with E-state index in [1.165, 1.54) is 24.3 Å². The molecular weight excluding hydrogens is 271 g/mol. The normalized spacial score (nSPS) is 18.2. The lowest BCUT2D eigenvalue weighted by atomic mass is 10.1. The van der Waals surface area contributed by atoms with Crippen LogP contribution in [0.3, 0.4) is 0 Å². The highest BCUT2D eigenvalue weighted by Gasteiger charge is 2.33. The second-order valence-electron chi connectivity index (χ2n) is 5.24. The van der Waals surface area contributed by atoms with Crippen LogP contribution in [-0.4, -0.2) is 22.5 Å². The summed E-state index contributed by atoms with van der Waals surface area (Å²) in [4.78, 5) is 14.3. The van der Waals surface area contributed by atoms with Gasteiger partial charge in [0.15, 0.2) is 5.76 Å². The number of halogens is 1. The Bertz CT molecular complexity index is 636. The van der Waals surface area contributed by atoms with Gasteiger partial charge in [-0.25, -0.2) is 4.39 Å². The molecule has 3 rings (SSSR count). The molecule has 0 N–H and O–H groups in total. The van der Waals surface area contributed by atoms with Gasteiger partial charge in [0.1, 0.15) is 5.82 Å². The SMILES string of the molecule is CCc1cc([C@H]2CCCN2C(=O)c2ccc(F)cc2)on1. The third kappa shape index (κ3) is 2.68. The molecule has 1 fully saturated rings. The summed E-state index contributed by atoms with van der Waals surface area (Å²) in [5.41, 5.74) is 1.39. The van der Waals surface area contributed by atoms with Crippen LogP contribution in [0.5, 0.6) is 0 Å². The molecule has 1 atom stereocenters. The number of carbonyl (C=O) groups excluding carboxylic acids is 1. The number of amides is 1. The first kappa shape index (κ1) is 13.8. The van der Waals surface area contributed by atoms with E-state index in [4.69, 9.17) is 4.52 Å². The van der Waals surface area contributed by atoms with Gasteiger partial charge in [-0.2, -0.15) is 0 Å². The molecule has 2 aromatic rings. The van der Waals surface area contributed by atoms with Crippen molar-refractivity contribution in [2.24, 2.45) is 0 Å². The van der Waals surface area contributed by atoms with Gasteiger partial charge < -0.3 is 9.42 Å². The van der Waals surface area contributed by atoms with Crippen molar-refractivity contribution in [2.45, 2.75) is 32.2 Å². The topological polar surface area (TPSA) is 46.3 Å². The Labute approximate surface area is 122 Å². The Morgan fingerprint density at radius 2 is 2.19 bits per heavy atom. The first-order valence-corrected chi connectivity index (χ1v) is 7.21. The van der Waals surface area contributed by atoms with E-state index in [0.29, 0.717) is 12.1 Å². The van der Waals surface area contributed by atoms with E-state index in [-0.39, 0.29) is 17.8 Å². The molecule has 1 aliphatic heterocycles. The zero-order chi connectivity index (χ0) is 14.8. The van der Waals surface area contributed by atoms with Gasteiger partial charge in [0.25, 0.3) is 5.91 Å². The average Bonchev–Trinajstić information content (AvgIpc) is 3.15. The second kappa shape index (κ2) is 5.68. The number of likely N-dealkylation sites (tertiary alicyclic amines) is 1. The number of nitrogens with zero attached hydrogens (tertiary/aromatic N) is 2. The van der Waals surface area contributed by atoms with Gasteiger partial charge >= 0.3 is 0 Å². The van der Waals surface area contributed by atoms with Crippen molar-refractivity contribution in [3.05, 3.63) is 53.2 Å². The van der Waals surface area contributed by atoms with Gasteiger partial charge in [-0.3, -0.25) is 4.79 Å². The molecule has 2 heterocycles. The van der Waals surface area contributed by atoms with Gasteiger partial charge in [-0.1, -0.05) is 12.1 Å². The summed E-state index contributed by atoms with van der Waals surface area (Å²) >= 11 is 0. The minimum atomic E-state index is -0.340. The molecule has 1 saturated heterocycles. The largest absolute Gasteiger partial charge is 0.359 e. The number of carbonyl (C=O) groups is 1. The third-order valence-corrected chi connectivity index (χ3v) is 3.87. The van der Waals surface area contributed by atoms with Crippen molar-refractivity contribution in [3.63, 3.8) is 0 Å². The Kier molecular flexibility index (Phi) is 3.73. The van der Waals surface area contributed by atoms with E-state index in [9.17, 15) is 9.18 Å². The van der Waals surface area contributed by atoms with Crippen LogP contribution in [0, 0.1) is 5.82 Å². The molecule has 0 unspecified atom stereocenters. The van der Waals surface area contributed by atoms with Crippen molar-refractivity contribution in [1.82, 2.24) is 10.1 Å². The van der Waals surface area contributed by atoms with Crippen LogP contribution in [0.1, 0.15) is 47.6 Å². The van der Waals surface area contributed by atoms with E-state index in [1.807, 2.05) is 13.0 Å². The van der Waals surface area contributed by atoms with Crippen molar-refractivity contribution in [2.75, 3.05) is 6.54 Å². The monoisotopic (exact) mass is 288 g/mol. The van der Waals surface area contributed by atoms with Gasteiger partial charge in [0, 0.05) is 18.2 Å². The van der Waals surface area contributed by atoms with Crippen LogP contribution in [0.25, 0.3) is 0 Å². The number of hydrogen-bond acceptors (Lipinski definition) is 3. The van der Waals surface area contributed by atoms with Crippen molar-refractivity contribution in [1.29, 1.82) is 0 Å². The van der Waals surface area contributed by atoms with E-state index in [1.54, 1.807) is 4.90 Å². The van der Waals surface area contributed by atoms with Crippen LogP contribution >= 0.6 is 0 Å². The lowest BCUT2D eigenvalue weighted by Gasteiger charge is -2.22. The Morgan fingerprint density at radius 1 is 1.43 bits per heavy atom. The van der Waals surface area contributed by atoms with Gasteiger partial charge in [0.05, 0.1) is 11.7 Å². The highest BCUT2D eigenvalue weighted by Crippen LogP contribution is 2.33. The maximum absolute atomic E-state index is 13.0. The molecule has 110 valence electrons. The Balaban J connectivity index is 1.83. The second-order valence-corrected chi connectivity index (χ2v) is 5.24. The van der Waals surface area contributed by atoms with Crippen LogP contribution in [0.2, 0.25) is 0 Å². The van der Waals surface area contributed by atoms with E-state index in [2.05, 4.69) is 5.16 Å². The minimum Gasteiger partial charge on any atom is -0.359 e. The first-order chi connectivity index (χ1) is 10.2. The Morgan fingerprint density at radius 3 is 2.86 bits per heavy atom. The summed E-state index contributed by atoms with van der Waals surface area (Å²) in [5.74, 6) is 0.305. The quantitative estimate of drug-likeness (QED) is 0.870. The fourth-order valence-corrected chi connectivity index (χ4v) is 2.72. The molecule has 1 aromatic heterocycles. The summed E-state index contributed by atoms with van der Waals surface area (Å²) in [6, 6.07) is 7.50. The number of rotatable bonds is 3. The van der Waals surface area contributed by atoms with Crippen molar-refractivity contribution < 1.29 is 13.7 Å². The number of hydrogen-bond donors (Lipinski definition) is 0. The zero-order valence-corrected chi connectivity index (χ0v) is 11.9. The Hall–Kier alpha value is -2.17. The van der Waals surface area contributed by atoms with Gasteiger partial charge in [-0.05, 0) is 43.5 Å². The maximum atomic E-state index is 13.0. The fourth-order valence-electron chi connectivity index (χ4n) is 2.72. The molecule has 0 bridgehead atoms. The van der Waals surface area contributed by atoms with Gasteiger partial charge in [-0.15, -0.1) is 0 Å². The summed E-state index contributed by atoms with van der Waals surface area (Å²) in [5, 5.41) is 3.99. The average molecular weight is 288 g/mol. The highest BCUT2D eigenvalue weighted by atomic mass is 19.1. The number of aromatic nitrogens is 1.